The summed E-state index contributed by atoms with van der Waals surface area (Å²) in [6.45, 7) is 0.625. The Morgan fingerprint density at radius 2 is 1.69 bits per heavy atom. The fraction of sp³-hybridized carbons (Fsp3) is 0.474. The van der Waals surface area contributed by atoms with Gasteiger partial charge in [-0.25, -0.2) is 0 Å². The quantitative estimate of drug-likeness (QED) is 0.425. The van der Waals surface area contributed by atoms with E-state index in [2.05, 4.69) is 0 Å². The van der Waals surface area contributed by atoms with Crippen LogP contribution in [0.3, 0.4) is 0 Å². The molecule has 2 amide bonds. The number of carbonyl (C=O) groups is 2. The largest absolute Gasteiger partial charge is 0.491 e. The predicted octanol–water partition coefficient (Wildman–Crippen LogP) is 2.05. The zero-order chi connectivity index (χ0) is 18.5. The van der Waals surface area contributed by atoms with Crippen LogP contribution in [0.5, 0.6) is 5.75 Å². The summed E-state index contributed by atoms with van der Waals surface area (Å²) in [4.78, 5) is 25.8. The van der Waals surface area contributed by atoms with Gasteiger partial charge in [-0.3, -0.25) is 14.5 Å². The average molecular weight is 380 g/mol. The molecule has 1 saturated heterocycles. The number of allylic oxidation sites excluding steroid dienone is 2. The van der Waals surface area contributed by atoms with Crippen molar-refractivity contribution < 1.29 is 24.2 Å². The second-order valence-corrected chi connectivity index (χ2v) is 6.91. The molecule has 7 heteroatoms. The summed E-state index contributed by atoms with van der Waals surface area (Å²) in [6.07, 6.45) is 4.17. The van der Waals surface area contributed by atoms with Crippen LogP contribution in [0.4, 0.5) is 0 Å². The first kappa shape index (κ1) is 18.9. The number of benzene rings is 1. The summed E-state index contributed by atoms with van der Waals surface area (Å²) in [5, 5.41) is 10.7. The van der Waals surface area contributed by atoms with E-state index in [0.29, 0.717) is 30.2 Å². The predicted molar refractivity (Wildman–Crippen MR) is 95.8 cm³/mol. The molecular weight excluding hydrogens is 358 g/mol. The van der Waals surface area contributed by atoms with Crippen LogP contribution in [0.2, 0.25) is 5.02 Å². The number of hydrogen-bond donors (Lipinski definition) is 1. The summed E-state index contributed by atoms with van der Waals surface area (Å²) in [5.41, 5.74) is 0. The monoisotopic (exact) mass is 379 g/mol. The van der Waals surface area contributed by atoms with Gasteiger partial charge in [0, 0.05) is 5.02 Å². The molecule has 1 aromatic rings. The lowest BCUT2D eigenvalue weighted by atomic mass is 9.85. The molecule has 26 heavy (non-hydrogen) atoms. The zero-order valence-corrected chi connectivity index (χ0v) is 15.1. The van der Waals surface area contributed by atoms with E-state index < -0.39 is 6.10 Å². The normalized spacial score (nSPS) is 23.2. The van der Waals surface area contributed by atoms with Crippen LogP contribution >= 0.6 is 11.6 Å². The molecule has 1 aliphatic heterocycles. The number of hydrogen-bond acceptors (Lipinski definition) is 5. The van der Waals surface area contributed by atoms with Crippen molar-refractivity contribution >= 4 is 23.4 Å². The van der Waals surface area contributed by atoms with Crippen molar-refractivity contribution in [3.8, 4) is 5.75 Å². The Morgan fingerprint density at radius 1 is 1.08 bits per heavy atom. The van der Waals surface area contributed by atoms with Crippen LogP contribution in [-0.4, -0.2) is 54.3 Å². The highest BCUT2D eigenvalue weighted by atomic mass is 35.5. The molecule has 3 atom stereocenters. The summed E-state index contributed by atoms with van der Waals surface area (Å²) in [5.74, 6) is -0.228. The minimum absolute atomic E-state index is 0.0251. The van der Waals surface area contributed by atoms with Crippen molar-refractivity contribution in [2.24, 2.45) is 11.8 Å². The number of nitrogens with zero attached hydrogens (tertiary/aromatic N) is 1. The number of likely N-dealkylation sites (tertiary alicyclic amines) is 1. The molecule has 1 N–H and O–H groups in total. The summed E-state index contributed by atoms with van der Waals surface area (Å²) >= 11 is 5.80. The third-order valence-electron chi connectivity index (χ3n) is 4.61. The molecular formula is C19H22ClNO5. The Kier molecular flexibility index (Phi) is 6.29. The number of aliphatic hydroxyl groups excluding tert-OH is 1. The van der Waals surface area contributed by atoms with Crippen LogP contribution in [0.1, 0.15) is 12.8 Å². The van der Waals surface area contributed by atoms with Gasteiger partial charge in [-0.2, -0.15) is 0 Å². The third-order valence-corrected chi connectivity index (χ3v) is 4.86. The summed E-state index contributed by atoms with van der Waals surface area (Å²) in [7, 11) is 0. The van der Waals surface area contributed by atoms with Gasteiger partial charge >= 0.3 is 0 Å². The van der Waals surface area contributed by atoms with Gasteiger partial charge in [0.05, 0.1) is 37.7 Å². The van der Waals surface area contributed by atoms with Crippen LogP contribution in [0.15, 0.2) is 36.4 Å². The first-order chi connectivity index (χ1) is 12.6. The second kappa shape index (κ2) is 8.66. The van der Waals surface area contributed by atoms with Crippen LogP contribution in [0.25, 0.3) is 0 Å². The SMILES string of the molecule is O=C1[C@H]2CC=CC[C@@H]2C(=O)N1C[C@@H](O)COCCOc1ccc(Cl)cc1. The molecule has 0 saturated carbocycles. The van der Waals surface area contributed by atoms with Gasteiger partial charge in [-0.15, -0.1) is 0 Å². The molecule has 0 unspecified atom stereocenters. The minimum atomic E-state index is -0.911. The molecule has 0 bridgehead atoms. The van der Waals surface area contributed by atoms with E-state index in [1.54, 1.807) is 24.3 Å². The summed E-state index contributed by atoms with van der Waals surface area (Å²) in [6, 6.07) is 6.99. The van der Waals surface area contributed by atoms with E-state index in [4.69, 9.17) is 21.1 Å². The van der Waals surface area contributed by atoms with E-state index in [1.165, 1.54) is 4.90 Å². The molecule has 1 aromatic carbocycles. The van der Waals surface area contributed by atoms with Crippen LogP contribution in [0, 0.1) is 11.8 Å². The Bertz CT molecular complexity index is 649. The molecule has 1 heterocycles. The van der Waals surface area contributed by atoms with E-state index in [9.17, 15) is 14.7 Å². The van der Waals surface area contributed by atoms with Crippen molar-refractivity contribution in [1.29, 1.82) is 0 Å². The molecule has 140 valence electrons. The molecule has 1 fully saturated rings. The molecule has 2 aliphatic rings. The lowest BCUT2D eigenvalue weighted by Gasteiger charge is -2.19. The van der Waals surface area contributed by atoms with Gasteiger partial charge in [-0.1, -0.05) is 23.8 Å². The maximum atomic E-state index is 12.3. The number of β-amino-alcohol motifs (C(OH)–C–C–N with tert-alkyl or cyclic N) is 1. The van der Waals surface area contributed by atoms with Gasteiger partial charge in [0.2, 0.25) is 11.8 Å². The molecule has 0 spiro atoms. The number of ether oxygens (including phenoxy) is 2. The lowest BCUT2D eigenvalue weighted by Crippen LogP contribution is -2.39. The van der Waals surface area contributed by atoms with Gasteiger partial charge in [0.25, 0.3) is 0 Å². The maximum absolute atomic E-state index is 12.3. The van der Waals surface area contributed by atoms with Crippen molar-refractivity contribution in [3.05, 3.63) is 41.4 Å². The first-order valence-electron chi connectivity index (χ1n) is 8.70. The van der Waals surface area contributed by atoms with E-state index in [0.717, 1.165) is 0 Å². The van der Waals surface area contributed by atoms with Gasteiger partial charge < -0.3 is 14.6 Å². The van der Waals surface area contributed by atoms with Crippen molar-refractivity contribution in [1.82, 2.24) is 4.90 Å². The van der Waals surface area contributed by atoms with Crippen LogP contribution < -0.4 is 4.74 Å². The molecule has 0 aromatic heterocycles. The Labute approximate surface area is 157 Å². The zero-order valence-electron chi connectivity index (χ0n) is 14.3. The average Bonchev–Trinajstić information content (AvgIpc) is 2.88. The Morgan fingerprint density at radius 3 is 2.31 bits per heavy atom. The minimum Gasteiger partial charge on any atom is -0.491 e. The van der Waals surface area contributed by atoms with Gasteiger partial charge in [0.1, 0.15) is 12.4 Å². The Balaban J connectivity index is 1.36. The number of fused-ring (bicyclic) bond motifs is 1. The number of rotatable bonds is 8. The number of aliphatic hydroxyl groups is 1. The first-order valence-corrected chi connectivity index (χ1v) is 9.08. The molecule has 1 aliphatic carbocycles. The van der Waals surface area contributed by atoms with E-state index in [-0.39, 0.29) is 43.4 Å². The second-order valence-electron chi connectivity index (χ2n) is 6.47. The maximum Gasteiger partial charge on any atom is 0.233 e. The highest BCUT2D eigenvalue weighted by molar-refractivity contribution is 6.30. The third kappa shape index (κ3) is 4.44. The number of imide groups is 1. The number of amides is 2. The highest BCUT2D eigenvalue weighted by Gasteiger charge is 2.47. The van der Waals surface area contributed by atoms with Crippen molar-refractivity contribution in [3.63, 3.8) is 0 Å². The molecule has 6 nitrogen and oxygen atoms in total. The fourth-order valence-electron chi connectivity index (χ4n) is 3.28. The number of halogens is 1. The van der Waals surface area contributed by atoms with E-state index >= 15 is 0 Å². The highest BCUT2D eigenvalue weighted by Crippen LogP contribution is 2.35. The standard InChI is InChI=1S/C19H22ClNO5/c20-13-5-7-15(8-6-13)26-10-9-25-12-14(22)11-21-18(23)16-3-1-2-4-17(16)19(21)24/h1-2,5-8,14,16-17,22H,3-4,9-12H2/t14-,16+,17+/m1/s1. The number of carbonyl (C=O) groups excluding carboxylic acids is 2. The lowest BCUT2D eigenvalue weighted by molar-refractivity contribution is -0.142. The smallest absolute Gasteiger partial charge is 0.233 e. The van der Waals surface area contributed by atoms with Gasteiger partial charge in [0.15, 0.2) is 0 Å². The molecule has 3 rings (SSSR count). The van der Waals surface area contributed by atoms with Crippen molar-refractivity contribution in [2.75, 3.05) is 26.4 Å². The Hall–Kier alpha value is -1.89. The molecule has 0 radical (unpaired) electrons. The summed E-state index contributed by atoms with van der Waals surface area (Å²) < 4.78 is 10.9. The van der Waals surface area contributed by atoms with E-state index in [1.807, 2.05) is 12.2 Å². The fourth-order valence-corrected chi connectivity index (χ4v) is 3.41. The van der Waals surface area contributed by atoms with Crippen molar-refractivity contribution in [2.45, 2.75) is 18.9 Å². The van der Waals surface area contributed by atoms with Crippen LogP contribution in [-0.2, 0) is 14.3 Å². The van der Waals surface area contributed by atoms with Gasteiger partial charge in [-0.05, 0) is 37.1 Å². The topological polar surface area (TPSA) is 76.1 Å².